The van der Waals surface area contributed by atoms with E-state index >= 15 is 0 Å². The van der Waals surface area contributed by atoms with Crippen LogP contribution in [0.15, 0.2) is 207 Å². The van der Waals surface area contributed by atoms with Crippen LogP contribution >= 0.6 is 0 Å². The minimum atomic E-state index is 0.523. The van der Waals surface area contributed by atoms with Gasteiger partial charge in [-0.15, -0.1) is 0 Å². The number of rotatable bonds is 7. The number of nitrogens with zero attached hydrogens (tertiary/aromatic N) is 8. The molecular formula is C64H34N8. The van der Waals surface area contributed by atoms with Crippen molar-refractivity contribution in [2.75, 3.05) is 0 Å². The van der Waals surface area contributed by atoms with Gasteiger partial charge in [-0.2, -0.15) is 26.3 Å². The van der Waals surface area contributed by atoms with Gasteiger partial charge in [0.15, 0.2) is 0 Å². The zero-order valence-electron chi connectivity index (χ0n) is 38.2. The molecule has 0 amide bonds. The third kappa shape index (κ3) is 6.84. The second-order valence-electron chi connectivity index (χ2n) is 17.5. The summed E-state index contributed by atoms with van der Waals surface area (Å²) in [5, 5.41) is 54.5. The molecule has 330 valence electrons. The van der Waals surface area contributed by atoms with E-state index in [1.54, 1.807) is 0 Å². The molecule has 3 aromatic heterocycles. The summed E-state index contributed by atoms with van der Waals surface area (Å²) in [6.07, 6.45) is 3.77. The van der Waals surface area contributed by atoms with Crippen LogP contribution in [0, 0.1) is 56.7 Å². The van der Waals surface area contributed by atoms with E-state index in [1.165, 1.54) is 0 Å². The molecular weight excluding hydrogens is 881 g/mol. The lowest BCUT2D eigenvalue weighted by Crippen LogP contribution is -2.05. The zero-order valence-corrected chi connectivity index (χ0v) is 38.2. The van der Waals surface area contributed by atoms with E-state index < -0.39 is 0 Å². The molecule has 8 nitrogen and oxygen atoms in total. The monoisotopic (exact) mass is 914 g/mol. The molecule has 0 bridgehead atoms. The molecule has 0 radical (unpaired) electrons. The maximum atomic E-state index is 10.2. The maximum Gasteiger partial charge on any atom is 0.0998 e. The highest BCUT2D eigenvalue weighted by Crippen LogP contribution is 2.45. The van der Waals surface area contributed by atoms with Crippen molar-refractivity contribution < 1.29 is 0 Å². The van der Waals surface area contributed by atoms with Crippen LogP contribution < -0.4 is 0 Å². The Kier molecular flexibility index (Phi) is 10.3. The lowest BCUT2D eigenvalue weighted by atomic mass is 9.96. The van der Waals surface area contributed by atoms with E-state index in [1.807, 2.05) is 134 Å². The predicted molar refractivity (Wildman–Crippen MR) is 284 cm³/mol. The van der Waals surface area contributed by atoms with Gasteiger partial charge in [0, 0.05) is 27.1 Å². The normalized spacial score (nSPS) is 11.0. The van der Waals surface area contributed by atoms with E-state index in [9.17, 15) is 26.3 Å². The molecule has 0 fully saturated rings. The maximum absolute atomic E-state index is 10.2. The summed E-state index contributed by atoms with van der Waals surface area (Å²) >= 11 is 0. The molecule has 8 heteroatoms. The highest BCUT2D eigenvalue weighted by molar-refractivity contribution is 6.14. The van der Waals surface area contributed by atoms with Gasteiger partial charge in [-0.05, 0) is 135 Å². The van der Waals surface area contributed by atoms with Crippen molar-refractivity contribution in [2.45, 2.75) is 0 Å². The third-order valence-electron chi connectivity index (χ3n) is 13.7. The van der Waals surface area contributed by atoms with Crippen molar-refractivity contribution in [1.82, 2.24) is 14.1 Å². The first-order chi connectivity index (χ1) is 35.5. The summed E-state index contributed by atoms with van der Waals surface area (Å²) in [6.45, 7) is 0. The SMILES string of the molecule is N#Cc1ccc(-c2c(-n3c4ccc(-c5ccccc5C#N)cc4c4cc(-c5ccccc5C#N)ccc43)cncc2-n2c3ccc(-c4ccccc4C#N)cc3c3cc(-c4ccccc4C#N)ccc32)cc1. The van der Waals surface area contributed by atoms with Gasteiger partial charge in [-0.3, -0.25) is 4.98 Å². The summed E-state index contributed by atoms with van der Waals surface area (Å²) in [5.74, 6) is 0. The van der Waals surface area contributed by atoms with E-state index in [-0.39, 0.29) is 0 Å². The first kappa shape index (κ1) is 42.5. The van der Waals surface area contributed by atoms with E-state index in [0.29, 0.717) is 27.8 Å². The van der Waals surface area contributed by atoms with E-state index in [4.69, 9.17) is 4.98 Å². The van der Waals surface area contributed by atoms with Crippen LogP contribution in [-0.2, 0) is 0 Å². The topological polar surface area (TPSA) is 142 Å². The van der Waals surface area contributed by atoms with Gasteiger partial charge in [0.25, 0.3) is 0 Å². The molecule has 0 N–H and O–H groups in total. The van der Waals surface area contributed by atoms with Gasteiger partial charge in [0.1, 0.15) is 0 Å². The smallest absolute Gasteiger partial charge is 0.0998 e. The number of pyridine rings is 1. The molecule has 72 heavy (non-hydrogen) atoms. The summed E-state index contributed by atoms with van der Waals surface area (Å²) in [4.78, 5) is 5.06. The number of hydrogen-bond acceptors (Lipinski definition) is 6. The first-order valence-corrected chi connectivity index (χ1v) is 23.1. The summed E-state index contributed by atoms with van der Waals surface area (Å²) in [7, 11) is 0. The van der Waals surface area contributed by atoms with Crippen LogP contribution in [0.2, 0.25) is 0 Å². The fraction of sp³-hybridized carbons (Fsp3) is 0. The Morgan fingerprint density at radius 2 is 0.597 bits per heavy atom. The average Bonchev–Trinajstić information content (AvgIpc) is 3.96. The lowest BCUT2D eigenvalue weighted by molar-refractivity contribution is 1.09. The third-order valence-corrected chi connectivity index (χ3v) is 13.7. The molecule has 9 aromatic carbocycles. The standard InChI is InChI=1S/C64H34N8/c65-33-40-17-19-41(20-18-40)64-62(71-58-25-21-42(50-13-5-1-9-46(50)34-66)29-54(58)55-30-43(22-26-59(55)71)51-14-6-2-10-47(51)35-67)38-70-39-63(64)72-60-27-23-44(52-15-7-3-11-48(52)36-68)31-56(60)57-32-45(24-28-61(57)72)53-16-8-4-12-49(53)37-69/h1-32,38-39H. The fourth-order valence-corrected chi connectivity index (χ4v) is 10.4. The molecule has 12 aromatic rings. The van der Waals surface area contributed by atoms with Crippen LogP contribution in [0.4, 0.5) is 0 Å². The molecule has 0 atom stereocenters. The van der Waals surface area contributed by atoms with Crippen molar-refractivity contribution >= 4 is 43.6 Å². The van der Waals surface area contributed by atoms with Crippen molar-refractivity contribution in [3.63, 3.8) is 0 Å². The number of hydrogen-bond donors (Lipinski definition) is 0. The molecule has 0 aliphatic carbocycles. The van der Waals surface area contributed by atoms with Crippen molar-refractivity contribution in [1.29, 1.82) is 26.3 Å². The van der Waals surface area contributed by atoms with Gasteiger partial charge in [-0.25, -0.2) is 0 Å². The highest BCUT2D eigenvalue weighted by Gasteiger charge is 2.24. The van der Waals surface area contributed by atoms with Crippen LogP contribution in [-0.4, -0.2) is 14.1 Å². The van der Waals surface area contributed by atoms with Gasteiger partial charge in [-0.1, -0.05) is 109 Å². The Bertz CT molecular complexity index is 3970. The molecule has 0 saturated carbocycles. The second-order valence-corrected chi connectivity index (χ2v) is 17.5. The van der Waals surface area contributed by atoms with Crippen molar-refractivity contribution in [2.24, 2.45) is 0 Å². The molecule has 3 heterocycles. The molecule has 0 saturated heterocycles. The van der Waals surface area contributed by atoms with Gasteiger partial charge in [0.05, 0.1) is 104 Å². The van der Waals surface area contributed by atoms with Crippen molar-refractivity contribution in [3.05, 3.63) is 234 Å². The zero-order chi connectivity index (χ0) is 48.9. The Balaban J connectivity index is 1.18. The van der Waals surface area contributed by atoms with Crippen LogP contribution in [0.25, 0.3) is 111 Å². The number of nitriles is 5. The minimum absolute atomic E-state index is 0.523. The number of aromatic nitrogens is 3. The Hall–Kier alpha value is -10.8. The quantitative estimate of drug-likeness (QED) is 0.156. The minimum Gasteiger partial charge on any atom is -0.307 e. The fourth-order valence-electron chi connectivity index (χ4n) is 10.4. The van der Waals surface area contributed by atoms with Crippen LogP contribution in [0.3, 0.4) is 0 Å². The average molecular weight is 915 g/mol. The summed E-state index contributed by atoms with van der Waals surface area (Å²) in [5.41, 5.74) is 16.5. The van der Waals surface area contributed by atoms with Gasteiger partial charge in [0.2, 0.25) is 0 Å². The van der Waals surface area contributed by atoms with Gasteiger partial charge >= 0.3 is 0 Å². The molecule has 0 unspecified atom stereocenters. The second kappa shape index (κ2) is 17.4. The Morgan fingerprint density at radius 1 is 0.306 bits per heavy atom. The number of fused-ring (bicyclic) bond motifs is 6. The molecule has 0 aliphatic heterocycles. The van der Waals surface area contributed by atoms with E-state index in [2.05, 4.69) is 112 Å². The van der Waals surface area contributed by atoms with Crippen molar-refractivity contribution in [3.8, 4) is 97.4 Å². The number of benzene rings is 9. The lowest BCUT2D eigenvalue weighted by Gasteiger charge is -2.20. The molecule has 12 rings (SSSR count). The summed E-state index contributed by atoms with van der Waals surface area (Å²) in [6, 6.07) is 74.9. The first-order valence-electron chi connectivity index (χ1n) is 23.1. The van der Waals surface area contributed by atoms with Crippen LogP contribution in [0.5, 0.6) is 0 Å². The predicted octanol–water partition coefficient (Wildman–Crippen LogP) is 15.0. The summed E-state index contributed by atoms with van der Waals surface area (Å²) < 4.78 is 4.47. The largest absolute Gasteiger partial charge is 0.307 e. The van der Waals surface area contributed by atoms with Crippen LogP contribution in [0.1, 0.15) is 27.8 Å². The Morgan fingerprint density at radius 3 is 0.889 bits per heavy atom. The molecule has 0 aliphatic rings. The van der Waals surface area contributed by atoms with Gasteiger partial charge < -0.3 is 9.13 Å². The molecule has 0 spiro atoms. The Labute approximate surface area is 413 Å². The highest BCUT2D eigenvalue weighted by atomic mass is 15.0. The van der Waals surface area contributed by atoms with E-state index in [0.717, 1.165) is 111 Å².